The molecule has 0 saturated carbocycles. The summed E-state index contributed by atoms with van der Waals surface area (Å²) in [5.41, 5.74) is 7.96. The molecule has 0 fully saturated rings. The Balaban J connectivity index is 1.77. The summed E-state index contributed by atoms with van der Waals surface area (Å²) in [6, 6.07) is 7.48. The average Bonchev–Trinajstić information content (AvgIpc) is 3.13. The summed E-state index contributed by atoms with van der Waals surface area (Å²) < 4.78 is 6.91. The predicted octanol–water partition coefficient (Wildman–Crippen LogP) is 4.65. The zero-order chi connectivity index (χ0) is 19.4. The molecule has 2 aromatic heterocycles. The van der Waals surface area contributed by atoms with E-state index in [0.29, 0.717) is 23.4 Å². The molecule has 6 heteroatoms. The molecule has 6 nitrogen and oxygen atoms in total. The van der Waals surface area contributed by atoms with Gasteiger partial charge in [-0.25, -0.2) is 4.98 Å². The third kappa shape index (κ3) is 4.04. The van der Waals surface area contributed by atoms with Gasteiger partial charge in [0.05, 0.1) is 12.6 Å². The molecule has 0 bridgehead atoms. The van der Waals surface area contributed by atoms with Crippen molar-refractivity contribution in [3.63, 3.8) is 0 Å². The Morgan fingerprint density at radius 3 is 2.85 bits per heavy atom. The minimum Gasteiger partial charge on any atom is -0.494 e. The quantitative estimate of drug-likeness (QED) is 0.439. The van der Waals surface area contributed by atoms with Crippen LogP contribution >= 0.6 is 0 Å². The van der Waals surface area contributed by atoms with E-state index in [-0.39, 0.29) is 11.7 Å². The number of methoxy groups -OCH3 is 1. The van der Waals surface area contributed by atoms with Gasteiger partial charge in [0.2, 0.25) is 5.95 Å². The number of Topliss-reactive ketones (excluding diaryl/α,β-unsaturated/α-hetero) is 1. The van der Waals surface area contributed by atoms with Gasteiger partial charge in [-0.05, 0) is 24.5 Å². The fourth-order valence-electron chi connectivity index (χ4n) is 3.34. The van der Waals surface area contributed by atoms with Crippen molar-refractivity contribution in [1.82, 2.24) is 14.6 Å². The average molecular weight is 368 g/mol. The predicted molar refractivity (Wildman–Crippen MR) is 108 cm³/mol. The summed E-state index contributed by atoms with van der Waals surface area (Å²) in [6.07, 6.45) is 6.11. The minimum absolute atomic E-state index is 0.0534. The van der Waals surface area contributed by atoms with Crippen molar-refractivity contribution < 1.29 is 9.53 Å². The molecule has 1 unspecified atom stereocenters. The number of nitrogen functional groups attached to an aromatic ring is 1. The molecule has 27 heavy (non-hydrogen) atoms. The lowest BCUT2D eigenvalue weighted by molar-refractivity contribution is 0.0974. The first-order valence-electron chi connectivity index (χ1n) is 9.70. The molecule has 3 aromatic rings. The Bertz CT molecular complexity index is 948. The number of anilines is 1. The smallest absolute Gasteiger partial charge is 0.222 e. The summed E-state index contributed by atoms with van der Waals surface area (Å²) in [4.78, 5) is 17.0. The fraction of sp³-hybridized carbons (Fsp3) is 0.476. The topological polar surface area (TPSA) is 82.5 Å². The van der Waals surface area contributed by atoms with E-state index in [1.54, 1.807) is 13.2 Å². The van der Waals surface area contributed by atoms with Crippen molar-refractivity contribution in [2.45, 2.75) is 52.4 Å². The first-order valence-corrected chi connectivity index (χ1v) is 9.70. The Morgan fingerprint density at radius 2 is 2.11 bits per heavy atom. The number of carbonyl (C=O) groups is 1. The van der Waals surface area contributed by atoms with E-state index in [1.807, 2.05) is 18.2 Å². The number of unbranched alkanes of at least 4 members (excludes halogenated alkanes) is 2. The van der Waals surface area contributed by atoms with Gasteiger partial charge in [0.25, 0.3) is 0 Å². The van der Waals surface area contributed by atoms with E-state index >= 15 is 0 Å². The molecular formula is C21H28N4O2. The number of nitrogens with two attached hydrogens (primary N) is 1. The van der Waals surface area contributed by atoms with Crippen LogP contribution in [0, 0.1) is 5.92 Å². The van der Waals surface area contributed by atoms with Crippen molar-refractivity contribution in [3.8, 4) is 5.75 Å². The van der Waals surface area contributed by atoms with Crippen LogP contribution in [0.2, 0.25) is 0 Å². The molecule has 0 aliphatic heterocycles. The normalized spacial score (nSPS) is 12.6. The van der Waals surface area contributed by atoms with E-state index < -0.39 is 0 Å². The molecule has 3 rings (SSSR count). The number of fused-ring (bicyclic) bond motifs is 3. The number of nitrogens with zero attached hydrogens (tertiary/aromatic N) is 3. The largest absolute Gasteiger partial charge is 0.494 e. The van der Waals surface area contributed by atoms with Crippen LogP contribution in [0.4, 0.5) is 5.95 Å². The van der Waals surface area contributed by atoms with Crippen LogP contribution in [-0.4, -0.2) is 27.5 Å². The highest BCUT2D eigenvalue weighted by Crippen LogP contribution is 2.29. The van der Waals surface area contributed by atoms with Gasteiger partial charge in [-0.15, -0.1) is 0 Å². The monoisotopic (exact) mass is 368 g/mol. The van der Waals surface area contributed by atoms with Crippen molar-refractivity contribution >= 4 is 28.2 Å². The molecule has 144 valence electrons. The van der Waals surface area contributed by atoms with Crippen LogP contribution in [-0.2, 0) is 0 Å². The van der Waals surface area contributed by atoms with E-state index in [2.05, 4.69) is 23.9 Å². The minimum atomic E-state index is 0.0534. The zero-order valence-electron chi connectivity index (χ0n) is 16.4. The summed E-state index contributed by atoms with van der Waals surface area (Å²) in [6.45, 7) is 4.50. The van der Waals surface area contributed by atoms with Crippen molar-refractivity contribution in [3.05, 3.63) is 30.0 Å². The maximum atomic E-state index is 12.6. The molecule has 0 aliphatic carbocycles. The van der Waals surface area contributed by atoms with Gasteiger partial charge in [0.1, 0.15) is 17.0 Å². The van der Waals surface area contributed by atoms with Crippen molar-refractivity contribution in [2.75, 3.05) is 12.8 Å². The third-order valence-electron chi connectivity index (χ3n) is 5.23. The van der Waals surface area contributed by atoms with Gasteiger partial charge in [0.15, 0.2) is 5.78 Å². The van der Waals surface area contributed by atoms with E-state index in [4.69, 9.17) is 10.5 Å². The van der Waals surface area contributed by atoms with Gasteiger partial charge in [-0.2, -0.15) is 9.61 Å². The Morgan fingerprint density at radius 1 is 1.30 bits per heavy atom. The zero-order valence-corrected chi connectivity index (χ0v) is 16.4. The number of aromatic nitrogens is 3. The maximum Gasteiger partial charge on any atom is 0.222 e. The number of carbonyl (C=O) groups excluding carboxylic acids is 1. The molecule has 0 saturated heterocycles. The number of ketones is 1. The van der Waals surface area contributed by atoms with Gasteiger partial charge < -0.3 is 10.5 Å². The SMILES string of the molecule is CCC(C)CCCCCC(=O)c1cc2c3cccc(OC)c3nc(N)n2n1. The fourth-order valence-corrected chi connectivity index (χ4v) is 3.34. The Kier molecular flexibility index (Phi) is 5.94. The lowest BCUT2D eigenvalue weighted by Crippen LogP contribution is -2.05. The number of ether oxygens (including phenoxy) is 1. The van der Waals surface area contributed by atoms with Gasteiger partial charge in [0, 0.05) is 11.8 Å². The van der Waals surface area contributed by atoms with E-state index in [1.165, 1.54) is 23.8 Å². The maximum absolute atomic E-state index is 12.6. The number of rotatable bonds is 9. The molecule has 0 aliphatic rings. The summed E-state index contributed by atoms with van der Waals surface area (Å²) in [7, 11) is 1.60. The number of benzene rings is 1. The van der Waals surface area contributed by atoms with Crippen molar-refractivity contribution in [2.24, 2.45) is 5.92 Å². The number of hydrogen-bond donors (Lipinski definition) is 1. The van der Waals surface area contributed by atoms with Crippen LogP contribution in [0.3, 0.4) is 0 Å². The number of hydrogen-bond acceptors (Lipinski definition) is 5. The molecular weight excluding hydrogens is 340 g/mol. The van der Waals surface area contributed by atoms with Crippen LogP contribution in [0.1, 0.15) is 62.9 Å². The molecule has 0 radical (unpaired) electrons. The second-order valence-corrected chi connectivity index (χ2v) is 7.19. The Hall–Kier alpha value is -2.63. The lowest BCUT2D eigenvalue weighted by atomic mass is 10.00. The first kappa shape index (κ1) is 19.1. The van der Waals surface area contributed by atoms with Crippen LogP contribution in [0.15, 0.2) is 24.3 Å². The first-order chi connectivity index (χ1) is 13.0. The van der Waals surface area contributed by atoms with Gasteiger partial charge >= 0.3 is 0 Å². The summed E-state index contributed by atoms with van der Waals surface area (Å²) >= 11 is 0. The second kappa shape index (κ2) is 8.37. The molecule has 2 heterocycles. The molecule has 0 spiro atoms. The van der Waals surface area contributed by atoms with Gasteiger partial charge in [-0.3, -0.25) is 4.79 Å². The van der Waals surface area contributed by atoms with Crippen LogP contribution in [0.5, 0.6) is 5.75 Å². The number of para-hydroxylation sites is 1. The van der Waals surface area contributed by atoms with Crippen molar-refractivity contribution in [1.29, 1.82) is 0 Å². The highest BCUT2D eigenvalue weighted by atomic mass is 16.5. The standard InChI is InChI=1S/C21H28N4O2/c1-4-14(2)9-6-5-7-11-18(26)16-13-17-15-10-8-12-19(27-3)20(15)23-21(22)25(17)24-16/h8,10,12-14H,4-7,9,11H2,1-3H3,(H2,22,23). The van der Waals surface area contributed by atoms with Crippen LogP contribution < -0.4 is 10.5 Å². The molecule has 1 aromatic carbocycles. The van der Waals surface area contributed by atoms with E-state index in [0.717, 1.165) is 29.7 Å². The molecule has 2 N–H and O–H groups in total. The van der Waals surface area contributed by atoms with Gasteiger partial charge in [-0.1, -0.05) is 51.7 Å². The Labute approximate surface area is 159 Å². The third-order valence-corrected chi connectivity index (χ3v) is 5.23. The molecule has 1 atom stereocenters. The lowest BCUT2D eigenvalue weighted by Gasteiger charge is -2.07. The highest BCUT2D eigenvalue weighted by molar-refractivity contribution is 6.01. The van der Waals surface area contributed by atoms with E-state index in [9.17, 15) is 4.79 Å². The summed E-state index contributed by atoms with van der Waals surface area (Å²) in [5.74, 6) is 1.71. The second-order valence-electron chi connectivity index (χ2n) is 7.19. The highest BCUT2D eigenvalue weighted by Gasteiger charge is 2.16. The summed E-state index contributed by atoms with van der Waals surface area (Å²) in [5, 5.41) is 5.26. The molecule has 0 amide bonds. The van der Waals surface area contributed by atoms with Crippen LogP contribution in [0.25, 0.3) is 16.4 Å².